The van der Waals surface area contributed by atoms with Crippen LogP contribution in [0.25, 0.3) is 0 Å². The Kier molecular flexibility index (Phi) is 5.30. The van der Waals surface area contributed by atoms with Crippen molar-refractivity contribution < 1.29 is 0 Å². The van der Waals surface area contributed by atoms with Crippen molar-refractivity contribution in [2.75, 3.05) is 0 Å². The SMILES string of the molecule is CC1(C)CCCCCCCCCCC1(C)N. The summed E-state index contributed by atoms with van der Waals surface area (Å²) in [5, 5.41) is 0. The summed E-state index contributed by atoms with van der Waals surface area (Å²) in [5.41, 5.74) is 6.85. The number of rotatable bonds is 0. The second kappa shape index (κ2) is 6.05. The average Bonchev–Trinajstić information content (AvgIpc) is 2.19. The first-order valence-electron chi connectivity index (χ1n) is 7.25. The summed E-state index contributed by atoms with van der Waals surface area (Å²) in [6.45, 7) is 6.98. The van der Waals surface area contributed by atoms with Gasteiger partial charge in [-0.15, -0.1) is 0 Å². The topological polar surface area (TPSA) is 26.0 Å². The van der Waals surface area contributed by atoms with E-state index in [0.29, 0.717) is 5.41 Å². The minimum absolute atomic E-state index is 0.0200. The molecule has 96 valence electrons. The molecular weight excluding hydrogens is 194 g/mol. The van der Waals surface area contributed by atoms with Gasteiger partial charge in [-0.1, -0.05) is 65.2 Å². The molecule has 0 aliphatic heterocycles. The summed E-state index contributed by atoms with van der Waals surface area (Å²) in [4.78, 5) is 0. The van der Waals surface area contributed by atoms with Crippen molar-refractivity contribution in [1.29, 1.82) is 0 Å². The van der Waals surface area contributed by atoms with Gasteiger partial charge in [0, 0.05) is 5.54 Å². The van der Waals surface area contributed by atoms with E-state index in [0.717, 1.165) is 0 Å². The van der Waals surface area contributed by atoms with Gasteiger partial charge in [0.2, 0.25) is 0 Å². The van der Waals surface area contributed by atoms with Crippen molar-refractivity contribution in [1.82, 2.24) is 0 Å². The molecule has 1 fully saturated rings. The molecule has 0 aromatic rings. The van der Waals surface area contributed by atoms with E-state index < -0.39 is 0 Å². The summed E-state index contributed by atoms with van der Waals surface area (Å²) >= 11 is 0. The maximum Gasteiger partial charge on any atom is 0.0177 e. The number of nitrogens with two attached hydrogens (primary N) is 1. The summed E-state index contributed by atoms with van der Waals surface area (Å²) in [6.07, 6.45) is 13.7. The molecule has 0 radical (unpaired) electrons. The molecule has 0 spiro atoms. The fraction of sp³-hybridized carbons (Fsp3) is 1.00. The van der Waals surface area contributed by atoms with Gasteiger partial charge in [-0.3, -0.25) is 0 Å². The fourth-order valence-electron chi connectivity index (χ4n) is 2.74. The molecule has 0 amide bonds. The van der Waals surface area contributed by atoms with Crippen LogP contribution < -0.4 is 5.73 Å². The van der Waals surface area contributed by atoms with E-state index in [1.54, 1.807) is 0 Å². The highest BCUT2D eigenvalue weighted by Crippen LogP contribution is 2.38. The van der Waals surface area contributed by atoms with Gasteiger partial charge in [-0.25, -0.2) is 0 Å². The van der Waals surface area contributed by atoms with Crippen molar-refractivity contribution in [3.05, 3.63) is 0 Å². The smallest absolute Gasteiger partial charge is 0.0177 e. The molecular formula is C15H31N. The number of hydrogen-bond donors (Lipinski definition) is 1. The van der Waals surface area contributed by atoms with Crippen LogP contribution in [-0.4, -0.2) is 5.54 Å². The van der Waals surface area contributed by atoms with Gasteiger partial charge >= 0.3 is 0 Å². The maximum atomic E-state index is 6.54. The summed E-state index contributed by atoms with van der Waals surface area (Å²) in [7, 11) is 0. The van der Waals surface area contributed by atoms with Crippen LogP contribution >= 0.6 is 0 Å². The van der Waals surface area contributed by atoms with E-state index in [2.05, 4.69) is 20.8 Å². The highest BCUT2D eigenvalue weighted by atomic mass is 14.8. The molecule has 1 unspecified atom stereocenters. The van der Waals surface area contributed by atoms with E-state index in [1.807, 2.05) is 0 Å². The molecule has 1 heteroatoms. The monoisotopic (exact) mass is 225 g/mol. The fourth-order valence-corrected chi connectivity index (χ4v) is 2.74. The van der Waals surface area contributed by atoms with E-state index in [9.17, 15) is 0 Å². The molecule has 0 saturated heterocycles. The van der Waals surface area contributed by atoms with Crippen molar-refractivity contribution in [2.45, 2.75) is 90.5 Å². The Balaban J connectivity index is 2.54. The molecule has 2 N–H and O–H groups in total. The second-order valence-corrected chi connectivity index (χ2v) is 6.63. The molecule has 1 nitrogen and oxygen atoms in total. The average molecular weight is 225 g/mol. The van der Waals surface area contributed by atoms with Crippen LogP contribution in [0.2, 0.25) is 0 Å². The zero-order valence-corrected chi connectivity index (χ0v) is 11.6. The lowest BCUT2D eigenvalue weighted by molar-refractivity contribution is 0.147. The van der Waals surface area contributed by atoms with Crippen LogP contribution in [0.15, 0.2) is 0 Å². The molecule has 0 aromatic heterocycles. The lowest BCUT2D eigenvalue weighted by atomic mass is 9.68. The van der Waals surface area contributed by atoms with Crippen LogP contribution in [-0.2, 0) is 0 Å². The first-order chi connectivity index (χ1) is 7.46. The largest absolute Gasteiger partial charge is 0.325 e. The van der Waals surface area contributed by atoms with Gasteiger partial charge in [0.15, 0.2) is 0 Å². The van der Waals surface area contributed by atoms with Crippen LogP contribution in [0.1, 0.15) is 85.0 Å². The molecule has 0 bridgehead atoms. The molecule has 0 aromatic carbocycles. The predicted octanol–water partition coefficient (Wildman–Crippen LogP) is 4.64. The van der Waals surface area contributed by atoms with Gasteiger partial charge < -0.3 is 5.73 Å². The number of hydrogen-bond acceptors (Lipinski definition) is 1. The van der Waals surface area contributed by atoms with Crippen molar-refractivity contribution >= 4 is 0 Å². The molecule has 1 aliphatic carbocycles. The van der Waals surface area contributed by atoms with Crippen LogP contribution in [0.5, 0.6) is 0 Å². The molecule has 1 aliphatic rings. The maximum absolute atomic E-state index is 6.54. The van der Waals surface area contributed by atoms with E-state index >= 15 is 0 Å². The predicted molar refractivity (Wildman–Crippen MR) is 72.5 cm³/mol. The second-order valence-electron chi connectivity index (χ2n) is 6.63. The van der Waals surface area contributed by atoms with Crippen molar-refractivity contribution in [3.63, 3.8) is 0 Å². The summed E-state index contributed by atoms with van der Waals surface area (Å²) in [5.74, 6) is 0. The lowest BCUT2D eigenvalue weighted by Crippen LogP contribution is -2.50. The normalized spacial score (nSPS) is 33.8. The summed E-state index contributed by atoms with van der Waals surface area (Å²) < 4.78 is 0. The third-order valence-corrected chi connectivity index (χ3v) is 4.79. The van der Waals surface area contributed by atoms with Crippen molar-refractivity contribution in [3.8, 4) is 0 Å². The Morgan fingerprint density at radius 2 is 1.00 bits per heavy atom. The Morgan fingerprint density at radius 3 is 1.50 bits per heavy atom. The Labute approximate surface area is 102 Å². The van der Waals surface area contributed by atoms with Crippen LogP contribution in [0.3, 0.4) is 0 Å². The molecule has 1 atom stereocenters. The zero-order valence-electron chi connectivity index (χ0n) is 11.6. The van der Waals surface area contributed by atoms with E-state index in [1.165, 1.54) is 64.2 Å². The standard InChI is InChI=1S/C15H31N/c1-14(2)12-10-8-6-4-5-7-9-11-13-15(14,3)16/h4-13,16H2,1-3H3. The molecule has 1 rings (SSSR count). The Bertz CT molecular complexity index is 172. The molecule has 16 heavy (non-hydrogen) atoms. The first-order valence-corrected chi connectivity index (χ1v) is 7.25. The minimum atomic E-state index is 0.0200. The highest BCUT2D eigenvalue weighted by Gasteiger charge is 2.36. The summed E-state index contributed by atoms with van der Waals surface area (Å²) in [6, 6.07) is 0. The molecule has 0 heterocycles. The van der Waals surface area contributed by atoms with Crippen LogP contribution in [0.4, 0.5) is 0 Å². The van der Waals surface area contributed by atoms with Gasteiger partial charge in [-0.05, 0) is 25.2 Å². The van der Waals surface area contributed by atoms with Crippen LogP contribution in [0, 0.1) is 5.41 Å². The Hall–Kier alpha value is -0.0400. The van der Waals surface area contributed by atoms with Gasteiger partial charge in [-0.2, -0.15) is 0 Å². The third kappa shape index (κ3) is 4.08. The molecule has 1 saturated carbocycles. The minimum Gasteiger partial charge on any atom is -0.325 e. The quantitative estimate of drug-likeness (QED) is 0.638. The van der Waals surface area contributed by atoms with Gasteiger partial charge in [0.1, 0.15) is 0 Å². The first kappa shape index (κ1) is 14.0. The lowest BCUT2D eigenvalue weighted by Gasteiger charge is -2.42. The third-order valence-electron chi connectivity index (χ3n) is 4.79. The van der Waals surface area contributed by atoms with Gasteiger partial charge in [0.25, 0.3) is 0 Å². The highest BCUT2D eigenvalue weighted by molar-refractivity contribution is 4.93. The van der Waals surface area contributed by atoms with Gasteiger partial charge in [0.05, 0.1) is 0 Å². The zero-order chi connectivity index (χ0) is 12.1. The Morgan fingerprint density at radius 1 is 0.625 bits per heavy atom. The van der Waals surface area contributed by atoms with E-state index in [4.69, 9.17) is 5.73 Å². The van der Waals surface area contributed by atoms with E-state index in [-0.39, 0.29) is 5.54 Å². The van der Waals surface area contributed by atoms with Crippen molar-refractivity contribution in [2.24, 2.45) is 11.1 Å².